The highest BCUT2D eigenvalue weighted by molar-refractivity contribution is 5.93. The average Bonchev–Trinajstić information content (AvgIpc) is 3.48. The molecule has 1 amide bonds. The Kier molecular flexibility index (Phi) is 6.72. The lowest BCUT2D eigenvalue weighted by molar-refractivity contribution is 0.0910. The van der Waals surface area contributed by atoms with Crippen LogP contribution in [-0.4, -0.2) is 47.6 Å². The molecule has 0 bridgehead atoms. The summed E-state index contributed by atoms with van der Waals surface area (Å²) in [5.74, 6) is 1.47. The van der Waals surface area contributed by atoms with Crippen molar-refractivity contribution in [3.05, 3.63) is 35.7 Å². The van der Waals surface area contributed by atoms with Gasteiger partial charge in [-0.15, -0.1) is 0 Å². The fourth-order valence-corrected chi connectivity index (χ4v) is 4.53. The topological polar surface area (TPSA) is 67.6 Å². The zero-order chi connectivity index (χ0) is 20.9. The van der Waals surface area contributed by atoms with E-state index in [1.165, 1.54) is 32.2 Å². The van der Waals surface area contributed by atoms with E-state index in [1.54, 1.807) is 0 Å². The summed E-state index contributed by atoms with van der Waals surface area (Å²) in [5, 5.41) is 3.07. The van der Waals surface area contributed by atoms with Gasteiger partial charge in [0.25, 0.3) is 5.91 Å². The fraction of sp³-hybridized carbons (Fsp3) is 0.583. The molecule has 30 heavy (non-hydrogen) atoms. The molecule has 1 unspecified atom stereocenters. The quantitative estimate of drug-likeness (QED) is 0.644. The maximum atomic E-state index is 12.5. The summed E-state index contributed by atoms with van der Waals surface area (Å²) in [6.07, 6.45) is 8.11. The molecule has 2 aromatic rings. The van der Waals surface area contributed by atoms with Crippen molar-refractivity contribution in [1.29, 1.82) is 0 Å². The van der Waals surface area contributed by atoms with E-state index in [0.29, 0.717) is 30.0 Å². The number of carbonyl (C=O) groups is 1. The molecule has 2 heterocycles. The van der Waals surface area contributed by atoms with Crippen LogP contribution in [0.3, 0.4) is 0 Å². The van der Waals surface area contributed by atoms with Gasteiger partial charge in [-0.3, -0.25) is 4.79 Å². The maximum Gasteiger partial charge on any atom is 0.289 e. The molecule has 6 heteroatoms. The Morgan fingerprint density at radius 1 is 1.20 bits per heavy atom. The number of benzene rings is 1. The van der Waals surface area contributed by atoms with Crippen LogP contribution in [0.1, 0.15) is 68.1 Å². The number of likely N-dealkylation sites (tertiary alicyclic amines) is 1. The lowest BCUT2D eigenvalue weighted by Crippen LogP contribution is -2.32. The molecule has 4 rings (SSSR count). The highest BCUT2D eigenvalue weighted by atomic mass is 16.5. The average molecular weight is 412 g/mol. The highest BCUT2D eigenvalue weighted by Gasteiger charge is 2.23. The van der Waals surface area contributed by atoms with Gasteiger partial charge in [0.15, 0.2) is 0 Å². The normalized spacial score (nSPS) is 20.0. The second kappa shape index (κ2) is 9.65. The van der Waals surface area contributed by atoms with Gasteiger partial charge in [0.05, 0.1) is 12.3 Å². The van der Waals surface area contributed by atoms with Crippen molar-refractivity contribution in [3.63, 3.8) is 0 Å². The minimum Gasteiger partial charge on any atom is -0.494 e. The molecule has 1 saturated heterocycles. The van der Waals surface area contributed by atoms with Crippen molar-refractivity contribution < 1.29 is 13.9 Å². The summed E-state index contributed by atoms with van der Waals surface area (Å²) < 4.78 is 11.7. The molecule has 6 nitrogen and oxygen atoms in total. The van der Waals surface area contributed by atoms with Gasteiger partial charge >= 0.3 is 0 Å². The predicted molar refractivity (Wildman–Crippen MR) is 117 cm³/mol. The zero-order valence-electron chi connectivity index (χ0n) is 18.2. The number of carbonyl (C=O) groups excluding carboxylic acids is 1. The third kappa shape index (κ3) is 5.04. The molecule has 0 spiro atoms. The van der Waals surface area contributed by atoms with E-state index < -0.39 is 0 Å². The van der Waals surface area contributed by atoms with Crippen molar-refractivity contribution >= 4 is 5.91 Å². The molecule has 1 aromatic heterocycles. The molecule has 162 valence electrons. The third-order valence-electron chi connectivity index (χ3n) is 6.34. The fourth-order valence-electron chi connectivity index (χ4n) is 4.53. The highest BCUT2D eigenvalue weighted by Crippen LogP contribution is 2.25. The predicted octanol–water partition coefficient (Wildman–Crippen LogP) is 4.58. The molecular formula is C24H33N3O3. The third-order valence-corrected chi connectivity index (χ3v) is 6.34. The number of amides is 1. The molecule has 2 fully saturated rings. The smallest absolute Gasteiger partial charge is 0.289 e. The summed E-state index contributed by atoms with van der Waals surface area (Å²) in [7, 11) is 0. The Balaban J connectivity index is 1.29. The Morgan fingerprint density at radius 2 is 1.97 bits per heavy atom. The summed E-state index contributed by atoms with van der Waals surface area (Å²) in [6.45, 7) is 7.15. The zero-order valence-corrected chi connectivity index (χ0v) is 18.2. The van der Waals surface area contributed by atoms with Crippen LogP contribution in [0.2, 0.25) is 0 Å². The van der Waals surface area contributed by atoms with E-state index in [-0.39, 0.29) is 11.9 Å². The number of nitrogens with zero attached hydrogens (tertiary/aromatic N) is 2. The molecule has 1 aliphatic heterocycles. The number of rotatable bonds is 8. The van der Waals surface area contributed by atoms with Gasteiger partial charge in [-0.05, 0) is 76.8 Å². The van der Waals surface area contributed by atoms with Gasteiger partial charge in [0, 0.05) is 24.2 Å². The number of hydrogen-bond donors (Lipinski definition) is 1. The van der Waals surface area contributed by atoms with Gasteiger partial charge in [-0.1, -0.05) is 12.8 Å². The van der Waals surface area contributed by atoms with Crippen LogP contribution in [0.5, 0.6) is 5.75 Å². The first-order chi connectivity index (χ1) is 14.6. The molecule has 1 aliphatic carbocycles. The molecule has 2 aliphatic rings. The Hall–Kier alpha value is -2.34. The van der Waals surface area contributed by atoms with E-state index >= 15 is 0 Å². The summed E-state index contributed by atoms with van der Waals surface area (Å²) in [5.41, 5.74) is 1.47. The monoisotopic (exact) mass is 411 g/mol. The van der Waals surface area contributed by atoms with Gasteiger partial charge in [-0.2, -0.15) is 0 Å². The van der Waals surface area contributed by atoms with E-state index in [1.807, 2.05) is 31.2 Å². The number of aromatic nitrogens is 1. The van der Waals surface area contributed by atoms with E-state index in [0.717, 1.165) is 37.1 Å². The van der Waals surface area contributed by atoms with Crippen molar-refractivity contribution in [2.24, 2.45) is 0 Å². The number of oxazole rings is 1. The second-order valence-electron chi connectivity index (χ2n) is 8.64. The van der Waals surface area contributed by atoms with Crippen LogP contribution in [0.4, 0.5) is 0 Å². The number of hydrogen-bond acceptors (Lipinski definition) is 5. The second-order valence-corrected chi connectivity index (χ2v) is 8.64. The van der Waals surface area contributed by atoms with E-state index in [9.17, 15) is 4.79 Å². The Morgan fingerprint density at radius 3 is 2.67 bits per heavy atom. The molecule has 0 radical (unpaired) electrons. The van der Waals surface area contributed by atoms with Crippen LogP contribution >= 0.6 is 0 Å². The van der Waals surface area contributed by atoms with Crippen LogP contribution in [0.15, 0.2) is 28.7 Å². The summed E-state index contributed by atoms with van der Waals surface area (Å²) in [6, 6.07) is 8.70. The molecule has 1 atom stereocenters. The summed E-state index contributed by atoms with van der Waals surface area (Å²) in [4.78, 5) is 19.5. The van der Waals surface area contributed by atoms with Crippen molar-refractivity contribution in [2.75, 3.05) is 19.7 Å². The lowest BCUT2D eigenvalue weighted by atomic mass is 10.2. The van der Waals surface area contributed by atoms with Gasteiger partial charge in [-0.25, -0.2) is 4.98 Å². The van der Waals surface area contributed by atoms with Gasteiger partial charge < -0.3 is 19.4 Å². The van der Waals surface area contributed by atoms with Gasteiger partial charge in [0.2, 0.25) is 11.7 Å². The van der Waals surface area contributed by atoms with Crippen molar-refractivity contribution in [1.82, 2.24) is 15.2 Å². The van der Waals surface area contributed by atoms with Crippen LogP contribution in [0.25, 0.3) is 11.5 Å². The Bertz CT molecular complexity index is 840. The first-order valence-corrected chi connectivity index (χ1v) is 11.4. The van der Waals surface area contributed by atoms with Crippen molar-refractivity contribution in [3.8, 4) is 17.2 Å². The minimum absolute atomic E-state index is 0.162. The van der Waals surface area contributed by atoms with Crippen LogP contribution in [-0.2, 0) is 0 Å². The SMILES string of the molecule is Cc1nc(-c2ccc(OCCCN3CCCC3C)cc2)oc1C(=O)NC1CCCC1. The number of ether oxygens (including phenoxy) is 1. The summed E-state index contributed by atoms with van der Waals surface area (Å²) >= 11 is 0. The maximum absolute atomic E-state index is 12.5. The standard InChI is InChI=1S/C24H33N3O3/c1-17-7-5-14-27(17)15-6-16-29-21-12-10-19(11-13-21)24-25-18(2)22(30-24)23(28)26-20-8-3-4-9-20/h10-13,17,20H,3-9,14-16H2,1-2H3,(H,26,28). The number of aryl methyl sites for hydroxylation is 1. The lowest BCUT2D eigenvalue weighted by Gasteiger charge is -2.20. The van der Waals surface area contributed by atoms with E-state index in [4.69, 9.17) is 9.15 Å². The first-order valence-electron chi connectivity index (χ1n) is 11.4. The Labute approximate surface area is 179 Å². The molecule has 1 saturated carbocycles. The molecular weight excluding hydrogens is 378 g/mol. The van der Waals surface area contributed by atoms with Gasteiger partial charge in [0.1, 0.15) is 5.75 Å². The largest absolute Gasteiger partial charge is 0.494 e. The van der Waals surface area contributed by atoms with E-state index in [2.05, 4.69) is 22.1 Å². The molecule has 1 aromatic carbocycles. The van der Waals surface area contributed by atoms with Crippen LogP contribution in [0, 0.1) is 6.92 Å². The minimum atomic E-state index is -0.162. The molecule has 1 N–H and O–H groups in total. The number of nitrogens with one attached hydrogen (secondary N) is 1. The van der Waals surface area contributed by atoms with Crippen LogP contribution < -0.4 is 10.1 Å². The first kappa shape index (κ1) is 20.9. The van der Waals surface area contributed by atoms with Crippen molar-refractivity contribution in [2.45, 2.75) is 70.9 Å².